The minimum absolute atomic E-state index is 0.0570. The van der Waals surface area contributed by atoms with Crippen LogP contribution in [-0.2, 0) is 4.74 Å². The largest absolute Gasteiger partial charge is 0.411 e. The SMILES string of the molecule is CCNc1nccc(C(=O)NCCOCC(F)(F)F)c1F. The zero-order valence-electron chi connectivity index (χ0n) is 11.3. The number of carbonyl (C=O) groups is 1. The van der Waals surface area contributed by atoms with Gasteiger partial charge in [0.05, 0.1) is 12.2 Å². The van der Waals surface area contributed by atoms with Crippen LogP contribution in [0, 0.1) is 5.82 Å². The van der Waals surface area contributed by atoms with Gasteiger partial charge in [-0.3, -0.25) is 4.79 Å². The fourth-order valence-electron chi connectivity index (χ4n) is 1.43. The van der Waals surface area contributed by atoms with Crippen molar-refractivity contribution in [3.05, 3.63) is 23.6 Å². The van der Waals surface area contributed by atoms with Gasteiger partial charge >= 0.3 is 6.18 Å². The van der Waals surface area contributed by atoms with Gasteiger partial charge in [0.1, 0.15) is 6.61 Å². The fourth-order valence-corrected chi connectivity index (χ4v) is 1.43. The van der Waals surface area contributed by atoms with E-state index in [1.165, 1.54) is 12.3 Å². The highest BCUT2D eigenvalue weighted by Crippen LogP contribution is 2.15. The number of carbonyl (C=O) groups excluding carboxylic acids is 1. The molecule has 21 heavy (non-hydrogen) atoms. The average Bonchev–Trinajstić information content (AvgIpc) is 2.39. The summed E-state index contributed by atoms with van der Waals surface area (Å²) in [6.45, 7) is 0.300. The van der Waals surface area contributed by atoms with Gasteiger partial charge in [-0.15, -0.1) is 0 Å². The summed E-state index contributed by atoms with van der Waals surface area (Å²) in [5, 5.41) is 4.92. The number of anilines is 1. The number of amides is 1. The smallest absolute Gasteiger partial charge is 0.370 e. The van der Waals surface area contributed by atoms with E-state index >= 15 is 0 Å². The second-order valence-electron chi connectivity index (χ2n) is 3.98. The maximum Gasteiger partial charge on any atom is 0.411 e. The summed E-state index contributed by atoms with van der Waals surface area (Å²) >= 11 is 0. The van der Waals surface area contributed by atoms with Gasteiger partial charge in [0.15, 0.2) is 11.6 Å². The van der Waals surface area contributed by atoms with E-state index in [2.05, 4.69) is 20.4 Å². The standard InChI is InChI=1S/C12H15F4N3O2/c1-2-17-10-9(13)8(3-4-18-10)11(20)19-5-6-21-7-12(14,15)16/h3-4H,2,5-7H2,1H3,(H,17,18)(H,19,20). The molecule has 0 aromatic carbocycles. The van der Waals surface area contributed by atoms with E-state index in [1.807, 2.05) is 0 Å². The van der Waals surface area contributed by atoms with Crippen LogP contribution in [0.15, 0.2) is 12.3 Å². The van der Waals surface area contributed by atoms with Crippen LogP contribution in [0.3, 0.4) is 0 Å². The third-order valence-corrected chi connectivity index (χ3v) is 2.28. The second-order valence-corrected chi connectivity index (χ2v) is 3.98. The number of alkyl halides is 3. The monoisotopic (exact) mass is 309 g/mol. The number of ether oxygens (including phenoxy) is 1. The molecule has 0 saturated heterocycles. The van der Waals surface area contributed by atoms with Gasteiger partial charge < -0.3 is 15.4 Å². The highest BCUT2D eigenvalue weighted by molar-refractivity contribution is 5.95. The molecule has 0 atom stereocenters. The molecule has 0 unspecified atom stereocenters. The summed E-state index contributed by atoms with van der Waals surface area (Å²) in [5.74, 6) is -1.61. The number of nitrogens with one attached hydrogen (secondary N) is 2. The number of aromatic nitrogens is 1. The number of hydrogen-bond acceptors (Lipinski definition) is 4. The lowest BCUT2D eigenvalue weighted by molar-refractivity contribution is -0.173. The van der Waals surface area contributed by atoms with Crippen LogP contribution in [0.4, 0.5) is 23.4 Å². The Hall–Kier alpha value is -1.90. The highest BCUT2D eigenvalue weighted by atomic mass is 19.4. The van der Waals surface area contributed by atoms with Gasteiger partial charge in [-0.25, -0.2) is 9.37 Å². The number of hydrogen-bond donors (Lipinski definition) is 2. The van der Waals surface area contributed by atoms with E-state index in [0.29, 0.717) is 6.54 Å². The van der Waals surface area contributed by atoms with E-state index in [1.54, 1.807) is 6.92 Å². The van der Waals surface area contributed by atoms with E-state index in [9.17, 15) is 22.4 Å². The van der Waals surface area contributed by atoms with Crippen molar-refractivity contribution in [1.29, 1.82) is 0 Å². The summed E-state index contributed by atoms with van der Waals surface area (Å²) in [5.41, 5.74) is -0.239. The molecule has 0 aliphatic heterocycles. The summed E-state index contributed by atoms with van der Waals surface area (Å²) < 4.78 is 53.6. The van der Waals surface area contributed by atoms with E-state index in [4.69, 9.17) is 0 Å². The summed E-state index contributed by atoms with van der Waals surface area (Å²) in [7, 11) is 0. The van der Waals surface area contributed by atoms with Crippen LogP contribution in [0.25, 0.3) is 0 Å². The molecule has 1 amide bonds. The van der Waals surface area contributed by atoms with Crippen LogP contribution in [0.5, 0.6) is 0 Å². The Bertz CT molecular complexity index is 480. The Balaban J connectivity index is 2.47. The number of nitrogens with zero attached hydrogens (tertiary/aromatic N) is 1. The predicted octanol–water partition coefficient (Wildman–Crippen LogP) is 1.96. The molecule has 2 N–H and O–H groups in total. The van der Waals surface area contributed by atoms with Gasteiger partial charge in [-0.05, 0) is 13.0 Å². The van der Waals surface area contributed by atoms with Crippen molar-refractivity contribution in [3.8, 4) is 0 Å². The molecule has 0 radical (unpaired) electrons. The normalized spacial score (nSPS) is 11.3. The van der Waals surface area contributed by atoms with Crippen molar-refractivity contribution in [2.45, 2.75) is 13.1 Å². The van der Waals surface area contributed by atoms with Gasteiger partial charge in [-0.2, -0.15) is 13.2 Å². The van der Waals surface area contributed by atoms with Crippen molar-refractivity contribution in [1.82, 2.24) is 10.3 Å². The lowest BCUT2D eigenvalue weighted by atomic mass is 10.2. The van der Waals surface area contributed by atoms with Gasteiger partial charge in [-0.1, -0.05) is 0 Å². The van der Waals surface area contributed by atoms with Crippen molar-refractivity contribution >= 4 is 11.7 Å². The summed E-state index contributed by atoms with van der Waals surface area (Å²) in [6, 6.07) is 1.18. The van der Waals surface area contributed by atoms with Crippen molar-refractivity contribution in [3.63, 3.8) is 0 Å². The van der Waals surface area contributed by atoms with Crippen molar-refractivity contribution in [2.75, 3.05) is 31.6 Å². The van der Waals surface area contributed by atoms with Gasteiger partial charge in [0, 0.05) is 19.3 Å². The number of rotatable bonds is 7. The van der Waals surface area contributed by atoms with E-state index in [-0.39, 0.29) is 24.5 Å². The zero-order valence-corrected chi connectivity index (χ0v) is 11.3. The molecular formula is C12H15F4N3O2. The molecule has 5 nitrogen and oxygen atoms in total. The Morgan fingerprint density at radius 2 is 2.14 bits per heavy atom. The topological polar surface area (TPSA) is 63.2 Å². The zero-order chi connectivity index (χ0) is 15.9. The van der Waals surface area contributed by atoms with Gasteiger partial charge in [0.2, 0.25) is 0 Å². The maximum atomic E-state index is 13.9. The first-order chi connectivity index (χ1) is 9.85. The molecule has 0 fully saturated rings. The van der Waals surface area contributed by atoms with Crippen molar-refractivity contribution < 1.29 is 27.1 Å². The van der Waals surface area contributed by atoms with Crippen LogP contribution in [0.1, 0.15) is 17.3 Å². The molecule has 0 aliphatic carbocycles. The minimum Gasteiger partial charge on any atom is -0.370 e. The number of halogens is 4. The van der Waals surface area contributed by atoms with Crippen molar-refractivity contribution in [2.24, 2.45) is 0 Å². The lowest BCUT2D eigenvalue weighted by Gasteiger charge is -2.10. The van der Waals surface area contributed by atoms with Crippen LogP contribution < -0.4 is 10.6 Å². The third kappa shape index (κ3) is 5.94. The quantitative estimate of drug-likeness (QED) is 0.597. The highest BCUT2D eigenvalue weighted by Gasteiger charge is 2.27. The molecule has 1 rings (SSSR count). The van der Waals surface area contributed by atoms with Gasteiger partial charge in [0.25, 0.3) is 5.91 Å². The number of pyridine rings is 1. The maximum absolute atomic E-state index is 13.9. The molecule has 1 aromatic heterocycles. The first-order valence-electron chi connectivity index (χ1n) is 6.16. The Labute approximate surface area is 118 Å². The molecule has 1 heterocycles. The molecule has 0 aliphatic rings. The van der Waals surface area contributed by atoms with Crippen LogP contribution >= 0.6 is 0 Å². The molecule has 0 bridgehead atoms. The predicted molar refractivity (Wildman–Crippen MR) is 67.6 cm³/mol. The van der Waals surface area contributed by atoms with E-state index in [0.717, 1.165) is 0 Å². The first kappa shape index (κ1) is 17.2. The minimum atomic E-state index is -4.41. The molecule has 0 spiro atoms. The molecule has 0 saturated carbocycles. The molecule has 118 valence electrons. The third-order valence-electron chi connectivity index (χ3n) is 2.28. The molecule has 1 aromatic rings. The van der Waals surface area contributed by atoms with E-state index < -0.39 is 24.5 Å². The summed E-state index contributed by atoms with van der Waals surface area (Å²) in [4.78, 5) is 15.4. The Morgan fingerprint density at radius 1 is 1.43 bits per heavy atom. The molecular weight excluding hydrogens is 294 g/mol. The lowest BCUT2D eigenvalue weighted by Crippen LogP contribution is -2.29. The Morgan fingerprint density at radius 3 is 2.76 bits per heavy atom. The summed E-state index contributed by atoms with van der Waals surface area (Å²) in [6.07, 6.45) is -3.15. The van der Waals surface area contributed by atoms with Crippen LogP contribution in [0.2, 0.25) is 0 Å². The van der Waals surface area contributed by atoms with Crippen LogP contribution in [-0.4, -0.2) is 43.4 Å². The second kappa shape index (κ2) is 7.77. The molecule has 9 heteroatoms. The average molecular weight is 309 g/mol. The first-order valence-corrected chi connectivity index (χ1v) is 6.16. The Kier molecular flexibility index (Phi) is 6.35. The fraction of sp³-hybridized carbons (Fsp3) is 0.500.